The number of nitrogens with zero attached hydrogens (tertiary/aromatic N) is 2. The van der Waals surface area contributed by atoms with Crippen molar-refractivity contribution in [1.82, 2.24) is 9.55 Å². The lowest BCUT2D eigenvalue weighted by atomic mass is 10.2. The fraction of sp³-hybridized carbons (Fsp3) is 0.200. The minimum Gasteiger partial charge on any atom is -0.488 e. The van der Waals surface area contributed by atoms with Crippen LogP contribution < -0.4 is 5.32 Å². The van der Waals surface area contributed by atoms with Crippen LogP contribution >= 0.6 is 0 Å². The molecular formula is C15H15N3O2. The van der Waals surface area contributed by atoms with Gasteiger partial charge in [0.25, 0.3) is 5.91 Å². The molecule has 2 heterocycles. The average Bonchev–Trinajstić information content (AvgIpc) is 3.03. The molecule has 0 atom stereocenters. The Morgan fingerprint density at radius 3 is 3.00 bits per heavy atom. The molecule has 1 aromatic heterocycles. The molecule has 5 heteroatoms. The van der Waals surface area contributed by atoms with Crippen LogP contribution in [0, 0.1) is 0 Å². The van der Waals surface area contributed by atoms with Gasteiger partial charge in [-0.25, -0.2) is 4.98 Å². The summed E-state index contributed by atoms with van der Waals surface area (Å²) in [5, 5.41) is 2.89. The predicted molar refractivity (Wildman–Crippen MR) is 75.5 cm³/mol. The van der Waals surface area contributed by atoms with Crippen molar-refractivity contribution in [3.8, 4) is 5.69 Å². The third-order valence-electron chi connectivity index (χ3n) is 3.09. The molecule has 1 aliphatic heterocycles. The summed E-state index contributed by atoms with van der Waals surface area (Å²) < 4.78 is 7.23. The molecule has 0 radical (unpaired) electrons. The second-order valence-corrected chi connectivity index (χ2v) is 4.50. The van der Waals surface area contributed by atoms with Crippen molar-refractivity contribution in [3.05, 3.63) is 54.8 Å². The fourth-order valence-electron chi connectivity index (χ4n) is 2.11. The van der Waals surface area contributed by atoms with Gasteiger partial charge >= 0.3 is 0 Å². The van der Waals surface area contributed by atoms with Gasteiger partial charge in [0.15, 0.2) is 5.76 Å². The molecule has 0 fully saturated rings. The number of ether oxygens (including phenoxy) is 1. The number of benzene rings is 1. The number of aromatic nitrogens is 2. The SMILES string of the molecule is O=C(Nc1ccccc1-n1ccnc1)C1=CCCCO1. The molecule has 0 saturated carbocycles. The van der Waals surface area contributed by atoms with Crippen LogP contribution in [-0.2, 0) is 9.53 Å². The van der Waals surface area contributed by atoms with Gasteiger partial charge < -0.3 is 14.6 Å². The quantitative estimate of drug-likeness (QED) is 0.931. The fourth-order valence-corrected chi connectivity index (χ4v) is 2.11. The van der Waals surface area contributed by atoms with Gasteiger partial charge in [-0.3, -0.25) is 4.79 Å². The average molecular weight is 269 g/mol. The van der Waals surface area contributed by atoms with Gasteiger partial charge in [0.1, 0.15) is 0 Å². The Labute approximate surface area is 116 Å². The van der Waals surface area contributed by atoms with Crippen LogP contribution in [0.5, 0.6) is 0 Å². The third kappa shape index (κ3) is 2.56. The first-order valence-corrected chi connectivity index (χ1v) is 6.56. The molecule has 3 rings (SSSR count). The third-order valence-corrected chi connectivity index (χ3v) is 3.09. The first-order valence-electron chi connectivity index (χ1n) is 6.56. The number of rotatable bonds is 3. The normalized spacial score (nSPS) is 14.3. The molecule has 0 saturated heterocycles. The predicted octanol–water partition coefficient (Wildman–Crippen LogP) is 2.51. The first kappa shape index (κ1) is 12.5. The van der Waals surface area contributed by atoms with Gasteiger partial charge in [-0.05, 0) is 31.1 Å². The number of nitrogens with one attached hydrogen (secondary N) is 1. The molecular weight excluding hydrogens is 254 g/mol. The van der Waals surface area contributed by atoms with Gasteiger partial charge in [-0.1, -0.05) is 12.1 Å². The Kier molecular flexibility index (Phi) is 3.50. The number of para-hydroxylation sites is 2. The summed E-state index contributed by atoms with van der Waals surface area (Å²) in [6, 6.07) is 7.58. The molecule has 2 aromatic rings. The zero-order chi connectivity index (χ0) is 13.8. The van der Waals surface area contributed by atoms with Crippen LogP contribution in [-0.4, -0.2) is 22.1 Å². The van der Waals surface area contributed by atoms with Gasteiger partial charge in [-0.15, -0.1) is 0 Å². The molecule has 5 nitrogen and oxygen atoms in total. The highest BCUT2D eigenvalue weighted by Crippen LogP contribution is 2.21. The molecule has 1 aromatic carbocycles. The zero-order valence-corrected chi connectivity index (χ0v) is 11.0. The van der Waals surface area contributed by atoms with E-state index in [1.165, 1.54) is 0 Å². The minimum absolute atomic E-state index is 0.211. The van der Waals surface area contributed by atoms with Crippen LogP contribution in [0.1, 0.15) is 12.8 Å². The van der Waals surface area contributed by atoms with Crippen molar-refractivity contribution in [2.24, 2.45) is 0 Å². The number of carbonyl (C=O) groups excluding carboxylic acids is 1. The summed E-state index contributed by atoms with van der Waals surface area (Å²) in [5.74, 6) is 0.189. The standard InChI is InChI=1S/C15H15N3O2/c19-15(14-7-3-4-10-20-14)17-12-5-1-2-6-13(12)18-9-8-16-11-18/h1-2,5-9,11H,3-4,10H2,(H,17,19). The van der Waals surface area contributed by atoms with Crippen molar-refractivity contribution >= 4 is 11.6 Å². The van der Waals surface area contributed by atoms with E-state index in [-0.39, 0.29) is 5.91 Å². The van der Waals surface area contributed by atoms with Crippen molar-refractivity contribution in [2.45, 2.75) is 12.8 Å². The highest BCUT2D eigenvalue weighted by atomic mass is 16.5. The second kappa shape index (κ2) is 5.61. The van der Waals surface area contributed by atoms with Crippen molar-refractivity contribution in [3.63, 3.8) is 0 Å². The van der Waals surface area contributed by atoms with Gasteiger partial charge in [-0.2, -0.15) is 0 Å². The zero-order valence-electron chi connectivity index (χ0n) is 11.0. The largest absolute Gasteiger partial charge is 0.488 e. The Morgan fingerprint density at radius 2 is 2.25 bits per heavy atom. The smallest absolute Gasteiger partial charge is 0.290 e. The van der Waals surface area contributed by atoms with E-state index in [9.17, 15) is 4.79 Å². The van der Waals surface area contributed by atoms with Crippen LogP contribution in [0.3, 0.4) is 0 Å². The molecule has 0 aliphatic carbocycles. The van der Waals surface area contributed by atoms with Gasteiger partial charge in [0, 0.05) is 12.4 Å². The lowest BCUT2D eigenvalue weighted by Gasteiger charge is -2.16. The van der Waals surface area contributed by atoms with E-state index in [1.807, 2.05) is 41.1 Å². The van der Waals surface area contributed by atoms with Crippen molar-refractivity contribution in [2.75, 3.05) is 11.9 Å². The Bertz CT molecular complexity index is 632. The van der Waals surface area contributed by atoms with E-state index < -0.39 is 0 Å². The molecule has 0 unspecified atom stereocenters. The lowest BCUT2D eigenvalue weighted by Crippen LogP contribution is -2.19. The summed E-state index contributed by atoms with van der Waals surface area (Å²) in [4.78, 5) is 16.2. The molecule has 0 bridgehead atoms. The van der Waals surface area contributed by atoms with Gasteiger partial charge in [0.2, 0.25) is 0 Å². The van der Waals surface area contributed by atoms with Crippen molar-refractivity contribution in [1.29, 1.82) is 0 Å². The van der Waals surface area contributed by atoms with E-state index in [1.54, 1.807) is 12.5 Å². The summed E-state index contributed by atoms with van der Waals surface area (Å²) in [6.45, 7) is 0.600. The second-order valence-electron chi connectivity index (χ2n) is 4.50. The molecule has 0 spiro atoms. The molecule has 102 valence electrons. The topological polar surface area (TPSA) is 56.2 Å². The summed E-state index contributed by atoms with van der Waals surface area (Å²) in [5.41, 5.74) is 1.60. The van der Waals surface area contributed by atoms with Crippen LogP contribution in [0.15, 0.2) is 54.8 Å². The van der Waals surface area contributed by atoms with E-state index in [4.69, 9.17) is 4.74 Å². The molecule has 20 heavy (non-hydrogen) atoms. The maximum absolute atomic E-state index is 12.2. The van der Waals surface area contributed by atoms with Crippen LogP contribution in [0.4, 0.5) is 5.69 Å². The number of amides is 1. The number of hydrogen-bond acceptors (Lipinski definition) is 3. The number of allylic oxidation sites excluding steroid dienone is 1. The number of carbonyl (C=O) groups is 1. The maximum Gasteiger partial charge on any atom is 0.290 e. The Morgan fingerprint density at radius 1 is 1.35 bits per heavy atom. The van der Waals surface area contributed by atoms with Gasteiger partial charge in [0.05, 0.1) is 24.3 Å². The van der Waals surface area contributed by atoms with E-state index in [0.29, 0.717) is 12.4 Å². The van der Waals surface area contributed by atoms with E-state index in [0.717, 1.165) is 24.2 Å². The summed E-state index contributed by atoms with van der Waals surface area (Å²) in [6.07, 6.45) is 8.90. The van der Waals surface area contributed by atoms with E-state index in [2.05, 4.69) is 10.3 Å². The number of hydrogen-bond donors (Lipinski definition) is 1. The number of anilines is 1. The minimum atomic E-state index is -0.211. The van der Waals surface area contributed by atoms with Crippen LogP contribution in [0.2, 0.25) is 0 Å². The Balaban J connectivity index is 1.84. The Hall–Kier alpha value is -2.56. The monoisotopic (exact) mass is 269 g/mol. The number of imidazole rings is 1. The highest BCUT2D eigenvalue weighted by molar-refractivity contribution is 6.03. The van der Waals surface area contributed by atoms with Crippen LogP contribution in [0.25, 0.3) is 5.69 Å². The summed E-state index contributed by atoms with van der Waals surface area (Å²) >= 11 is 0. The molecule has 1 amide bonds. The molecule has 1 N–H and O–H groups in total. The maximum atomic E-state index is 12.2. The lowest BCUT2D eigenvalue weighted by molar-refractivity contribution is -0.116. The van der Waals surface area contributed by atoms with E-state index >= 15 is 0 Å². The molecule has 1 aliphatic rings. The highest BCUT2D eigenvalue weighted by Gasteiger charge is 2.15. The first-order chi connectivity index (χ1) is 9.84. The van der Waals surface area contributed by atoms with Crippen molar-refractivity contribution < 1.29 is 9.53 Å². The summed E-state index contributed by atoms with van der Waals surface area (Å²) in [7, 11) is 0.